The molecule has 0 bridgehead atoms. The maximum atomic E-state index is 13.8. The van der Waals surface area contributed by atoms with Gasteiger partial charge in [-0.25, -0.2) is 8.78 Å². The summed E-state index contributed by atoms with van der Waals surface area (Å²) >= 11 is 0. The fraction of sp³-hybridized carbons (Fsp3) is 0.400. The van der Waals surface area contributed by atoms with E-state index in [0.29, 0.717) is 12.2 Å². The Morgan fingerprint density at radius 2 is 1.94 bits per heavy atom. The van der Waals surface area contributed by atoms with E-state index in [1.165, 1.54) is 16.5 Å². The molecule has 5 rings (SSSR count). The van der Waals surface area contributed by atoms with E-state index in [4.69, 9.17) is 4.74 Å². The molecular formula is C25H26F2N2O2. The average Bonchev–Trinajstić information content (AvgIpc) is 3.22. The van der Waals surface area contributed by atoms with E-state index in [-0.39, 0.29) is 24.3 Å². The molecule has 1 saturated heterocycles. The Kier molecular flexibility index (Phi) is 4.85. The fourth-order valence-electron chi connectivity index (χ4n) is 5.61. The first-order valence-corrected chi connectivity index (χ1v) is 10.8. The number of halogens is 2. The second-order valence-electron chi connectivity index (χ2n) is 9.24. The van der Waals surface area contributed by atoms with Crippen molar-refractivity contribution in [3.05, 3.63) is 65.4 Å². The van der Waals surface area contributed by atoms with Crippen LogP contribution in [-0.2, 0) is 11.3 Å². The Morgan fingerprint density at radius 3 is 2.65 bits per heavy atom. The van der Waals surface area contributed by atoms with Crippen LogP contribution in [-0.4, -0.2) is 28.8 Å². The highest BCUT2D eigenvalue weighted by atomic mass is 19.3. The fourth-order valence-corrected chi connectivity index (χ4v) is 5.61. The SMILES string of the molecule is Cc1ccc(CN2CCC3(C[C@H]2c2ccc(OC=O)cc2)CC(F)(F)C3)c2cc[nH]c12. The molecule has 1 spiro atoms. The molecule has 1 N–H and O–H groups in total. The zero-order valence-corrected chi connectivity index (χ0v) is 17.5. The van der Waals surface area contributed by atoms with Gasteiger partial charge in [-0.05, 0) is 66.6 Å². The average molecular weight is 424 g/mol. The third-order valence-electron chi connectivity index (χ3n) is 7.11. The van der Waals surface area contributed by atoms with Gasteiger partial charge in [-0.1, -0.05) is 24.3 Å². The lowest BCUT2D eigenvalue weighted by Crippen LogP contribution is -2.53. The lowest BCUT2D eigenvalue weighted by Gasteiger charge is -2.54. The molecule has 31 heavy (non-hydrogen) atoms. The Hall–Kier alpha value is -2.73. The molecule has 0 amide bonds. The second kappa shape index (κ2) is 7.45. The monoisotopic (exact) mass is 424 g/mol. The van der Waals surface area contributed by atoms with Crippen molar-refractivity contribution in [1.29, 1.82) is 0 Å². The maximum Gasteiger partial charge on any atom is 0.298 e. The van der Waals surface area contributed by atoms with Crippen molar-refractivity contribution >= 4 is 17.4 Å². The van der Waals surface area contributed by atoms with Crippen LogP contribution in [0.4, 0.5) is 8.78 Å². The van der Waals surface area contributed by atoms with Crippen molar-refractivity contribution in [2.24, 2.45) is 5.41 Å². The predicted octanol–water partition coefficient (Wildman–Crippen LogP) is 5.76. The molecule has 2 heterocycles. The number of aromatic amines is 1. The van der Waals surface area contributed by atoms with Gasteiger partial charge in [0.2, 0.25) is 5.92 Å². The van der Waals surface area contributed by atoms with Crippen LogP contribution >= 0.6 is 0 Å². The number of piperidine rings is 1. The Morgan fingerprint density at radius 1 is 1.16 bits per heavy atom. The van der Waals surface area contributed by atoms with Crippen LogP contribution < -0.4 is 4.74 Å². The minimum atomic E-state index is -2.53. The highest BCUT2D eigenvalue weighted by Gasteiger charge is 2.58. The van der Waals surface area contributed by atoms with Crippen LogP contribution in [0, 0.1) is 12.3 Å². The van der Waals surface area contributed by atoms with E-state index in [0.717, 1.165) is 37.0 Å². The molecule has 2 aromatic carbocycles. The molecule has 162 valence electrons. The van der Waals surface area contributed by atoms with E-state index in [9.17, 15) is 13.6 Å². The molecule has 1 aliphatic carbocycles. The first-order valence-electron chi connectivity index (χ1n) is 10.8. The number of carbonyl (C=O) groups excluding carboxylic acids is 1. The largest absolute Gasteiger partial charge is 0.429 e. The Labute approximate surface area is 180 Å². The van der Waals surface area contributed by atoms with Gasteiger partial charge >= 0.3 is 0 Å². The van der Waals surface area contributed by atoms with Crippen LogP contribution in [0.15, 0.2) is 48.7 Å². The van der Waals surface area contributed by atoms with Gasteiger partial charge in [0, 0.05) is 42.5 Å². The Balaban J connectivity index is 1.45. The number of carbonyl (C=O) groups is 1. The zero-order valence-electron chi connectivity index (χ0n) is 17.5. The lowest BCUT2D eigenvalue weighted by molar-refractivity contribution is -0.186. The van der Waals surface area contributed by atoms with Crippen molar-refractivity contribution in [3.63, 3.8) is 0 Å². The van der Waals surface area contributed by atoms with Gasteiger partial charge in [0.1, 0.15) is 5.75 Å². The summed E-state index contributed by atoms with van der Waals surface area (Å²) in [5.41, 5.74) is 4.39. The topological polar surface area (TPSA) is 45.3 Å². The molecule has 1 atom stereocenters. The summed E-state index contributed by atoms with van der Waals surface area (Å²) in [6.45, 7) is 4.05. The minimum Gasteiger partial charge on any atom is -0.429 e. The molecule has 3 aromatic rings. The van der Waals surface area contributed by atoms with E-state index >= 15 is 0 Å². The number of hydrogen-bond donors (Lipinski definition) is 1. The molecule has 6 heteroatoms. The number of fused-ring (bicyclic) bond motifs is 1. The van der Waals surface area contributed by atoms with Gasteiger partial charge in [-0.3, -0.25) is 9.69 Å². The van der Waals surface area contributed by atoms with Crippen molar-refractivity contribution in [2.45, 2.75) is 51.1 Å². The van der Waals surface area contributed by atoms with E-state index < -0.39 is 5.92 Å². The standard InChI is InChI=1S/C25H26F2N2O2/c1-17-2-3-19(21-8-10-28-23(17)21)13-29-11-9-24(14-25(26,27)15-24)12-22(29)18-4-6-20(7-5-18)31-16-30/h2-8,10,16,22,28H,9,11-15H2,1H3/t22-/m0/s1. The number of rotatable bonds is 5. The van der Waals surface area contributed by atoms with Crippen molar-refractivity contribution < 1.29 is 18.3 Å². The number of nitrogens with one attached hydrogen (secondary N) is 1. The summed E-state index contributed by atoms with van der Waals surface area (Å²) in [7, 11) is 0. The number of nitrogens with zero attached hydrogens (tertiary/aromatic N) is 1. The third kappa shape index (κ3) is 3.74. The van der Waals surface area contributed by atoms with Crippen molar-refractivity contribution in [2.75, 3.05) is 6.54 Å². The van der Waals surface area contributed by atoms with Gasteiger partial charge in [-0.2, -0.15) is 0 Å². The van der Waals surface area contributed by atoms with Crippen LogP contribution in [0.1, 0.15) is 48.4 Å². The molecule has 2 fully saturated rings. The maximum absolute atomic E-state index is 13.8. The summed E-state index contributed by atoms with van der Waals surface area (Å²) in [5, 5.41) is 1.21. The number of aromatic nitrogens is 1. The van der Waals surface area contributed by atoms with Crippen LogP contribution in [0.25, 0.3) is 10.9 Å². The van der Waals surface area contributed by atoms with E-state index in [1.54, 1.807) is 12.1 Å². The molecule has 1 aliphatic heterocycles. The first kappa shape index (κ1) is 20.2. The predicted molar refractivity (Wildman–Crippen MR) is 115 cm³/mol. The molecule has 0 radical (unpaired) electrons. The van der Waals surface area contributed by atoms with Gasteiger partial charge in [0.05, 0.1) is 0 Å². The number of likely N-dealkylation sites (tertiary alicyclic amines) is 1. The van der Waals surface area contributed by atoms with Gasteiger partial charge in [0.15, 0.2) is 0 Å². The van der Waals surface area contributed by atoms with Gasteiger partial charge in [-0.15, -0.1) is 0 Å². The van der Waals surface area contributed by atoms with E-state index in [1.807, 2.05) is 18.3 Å². The van der Waals surface area contributed by atoms with Crippen molar-refractivity contribution in [1.82, 2.24) is 9.88 Å². The molecule has 1 saturated carbocycles. The number of H-pyrrole nitrogens is 1. The molecule has 1 aromatic heterocycles. The summed E-state index contributed by atoms with van der Waals surface area (Å²) in [6, 6.07) is 13.9. The molecule has 0 unspecified atom stereocenters. The number of alkyl halides is 2. The van der Waals surface area contributed by atoms with E-state index in [2.05, 4.69) is 35.0 Å². The highest BCUT2D eigenvalue weighted by molar-refractivity contribution is 5.85. The summed E-state index contributed by atoms with van der Waals surface area (Å²) in [4.78, 5) is 16.3. The smallest absolute Gasteiger partial charge is 0.298 e. The highest BCUT2D eigenvalue weighted by Crippen LogP contribution is 2.60. The van der Waals surface area contributed by atoms with Crippen molar-refractivity contribution in [3.8, 4) is 5.75 Å². The molecular weight excluding hydrogens is 398 g/mol. The van der Waals surface area contributed by atoms with Gasteiger partial charge in [0.25, 0.3) is 6.47 Å². The Bertz CT molecular complexity index is 1100. The number of ether oxygens (including phenoxy) is 1. The minimum absolute atomic E-state index is 0.0107. The van der Waals surface area contributed by atoms with Crippen LogP contribution in [0.5, 0.6) is 5.75 Å². The zero-order chi connectivity index (χ0) is 21.6. The normalized spacial score (nSPS) is 22.4. The summed E-state index contributed by atoms with van der Waals surface area (Å²) < 4.78 is 32.5. The summed E-state index contributed by atoms with van der Waals surface area (Å²) in [5.74, 6) is -2.04. The summed E-state index contributed by atoms with van der Waals surface area (Å²) in [6.07, 6.45) is 3.46. The second-order valence-corrected chi connectivity index (χ2v) is 9.24. The third-order valence-corrected chi connectivity index (χ3v) is 7.11. The number of hydrogen-bond acceptors (Lipinski definition) is 3. The number of aryl methyl sites for hydroxylation is 1. The lowest BCUT2D eigenvalue weighted by atomic mass is 9.59. The first-order chi connectivity index (χ1) is 14.9. The van der Waals surface area contributed by atoms with Crippen LogP contribution in [0.3, 0.4) is 0 Å². The van der Waals surface area contributed by atoms with Crippen LogP contribution in [0.2, 0.25) is 0 Å². The van der Waals surface area contributed by atoms with Gasteiger partial charge < -0.3 is 9.72 Å². The molecule has 2 aliphatic rings. The number of benzene rings is 2. The quantitative estimate of drug-likeness (QED) is 0.530. The molecule has 4 nitrogen and oxygen atoms in total.